The summed E-state index contributed by atoms with van der Waals surface area (Å²) < 4.78 is 4.99. The Morgan fingerprint density at radius 2 is 2.18 bits per heavy atom. The fraction of sp³-hybridized carbons (Fsp3) is 0.889. The molecule has 1 aliphatic rings. The molecule has 0 aromatic carbocycles. The molecular weight excluding hydrogens is 138 g/mol. The Bertz CT molecular complexity index is 89.6. The van der Waals surface area contributed by atoms with E-state index in [-0.39, 0.29) is 0 Å². The van der Waals surface area contributed by atoms with Gasteiger partial charge in [-0.05, 0) is 44.7 Å². The van der Waals surface area contributed by atoms with E-state index in [1.54, 1.807) is 7.11 Å². The second kappa shape index (κ2) is 5.56. The van der Waals surface area contributed by atoms with E-state index in [2.05, 4.69) is 11.7 Å². The average Bonchev–Trinajstić information content (AvgIpc) is 2.07. The molecule has 1 fully saturated rings. The van der Waals surface area contributed by atoms with Gasteiger partial charge in [-0.1, -0.05) is 0 Å². The van der Waals surface area contributed by atoms with Gasteiger partial charge >= 0.3 is 0 Å². The van der Waals surface area contributed by atoms with Crippen LogP contribution in [0.1, 0.15) is 19.3 Å². The van der Waals surface area contributed by atoms with Crippen LogP contribution >= 0.6 is 0 Å². The van der Waals surface area contributed by atoms with E-state index >= 15 is 0 Å². The first-order valence-electron chi connectivity index (χ1n) is 4.46. The highest BCUT2D eigenvalue weighted by Gasteiger charge is 2.11. The minimum Gasteiger partial charge on any atom is -0.385 e. The summed E-state index contributed by atoms with van der Waals surface area (Å²) in [7, 11) is 1.76. The topological polar surface area (TPSA) is 21.3 Å². The van der Waals surface area contributed by atoms with Gasteiger partial charge in [-0.15, -0.1) is 0 Å². The average molecular weight is 156 g/mol. The Morgan fingerprint density at radius 3 is 2.82 bits per heavy atom. The molecule has 1 heterocycles. The molecule has 1 N–H and O–H groups in total. The van der Waals surface area contributed by atoms with Gasteiger partial charge in [0.25, 0.3) is 0 Å². The first kappa shape index (κ1) is 9.01. The van der Waals surface area contributed by atoms with Crippen molar-refractivity contribution in [3.05, 3.63) is 6.42 Å². The Morgan fingerprint density at radius 1 is 1.45 bits per heavy atom. The molecule has 0 aromatic rings. The summed E-state index contributed by atoms with van der Waals surface area (Å²) in [6, 6.07) is 0. The Hall–Kier alpha value is -0.0800. The number of ether oxygens (including phenoxy) is 1. The molecule has 65 valence electrons. The molecule has 0 unspecified atom stereocenters. The fourth-order valence-electron chi connectivity index (χ4n) is 1.50. The molecule has 0 aromatic heterocycles. The van der Waals surface area contributed by atoms with Crippen LogP contribution in [0.2, 0.25) is 0 Å². The monoisotopic (exact) mass is 156 g/mol. The Balaban J connectivity index is 1.96. The van der Waals surface area contributed by atoms with E-state index in [0.29, 0.717) is 0 Å². The summed E-state index contributed by atoms with van der Waals surface area (Å²) >= 11 is 0. The predicted molar refractivity (Wildman–Crippen MR) is 46.4 cm³/mol. The van der Waals surface area contributed by atoms with Crippen molar-refractivity contribution in [2.75, 3.05) is 26.8 Å². The van der Waals surface area contributed by atoms with Gasteiger partial charge in [0, 0.05) is 13.7 Å². The normalized spacial score (nSPS) is 20.5. The fourth-order valence-corrected chi connectivity index (χ4v) is 1.50. The van der Waals surface area contributed by atoms with Gasteiger partial charge in [-0.25, -0.2) is 0 Å². The highest BCUT2D eigenvalue weighted by atomic mass is 16.5. The summed E-state index contributed by atoms with van der Waals surface area (Å²) in [5.41, 5.74) is 0. The molecule has 1 saturated heterocycles. The van der Waals surface area contributed by atoms with E-state index in [0.717, 1.165) is 18.9 Å². The van der Waals surface area contributed by atoms with Crippen LogP contribution in [0.4, 0.5) is 0 Å². The second-order valence-electron chi connectivity index (χ2n) is 3.10. The minimum absolute atomic E-state index is 0.839. The molecule has 0 amide bonds. The van der Waals surface area contributed by atoms with Gasteiger partial charge in [0.2, 0.25) is 0 Å². The summed E-state index contributed by atoms with van der Waals surface area (Å²) in [5.74, 6) is 0.839. The van der Waals surface area contributed by atoms with E-state index in [4.69, 9.17) is 4.74 Å². The maximum atomic E-state index is 4.99. The van der Waals surface area contributed by atoms with Gasteiger partial charge in [-0.2, -0.15) is 0 Å². The molecule has 1 aliphatic heterocycles. The summed E-state index contributed by atoms with van der Waals surface area (Å²) in [6.45, 7) is 3.26. The number of hydrogen-bond donors (Lipinski definition) is 1. The molecule has 0 spiro atoms. The molecular formula is C9H18NO. The lowest BCUT2D eigenvalue weighted by Gasteiger charge is -2.21. The zero-order valence-electron chi connectivity index (χ0n) is 7.31. The van der Waals surface area contributed by atoms with Crippen molar-refractivity contribution in [2.24, 2.45) is 5.92 Å². The van der Waals surface area contributed by atoms with Crippen LogP contribution in [-0.2, 0) is 4.74 Å². The third-order valence-electron chi connectivity index (χ3n) is 2.21. The van der Waals surface area contributed by atoms with Gasteiger partial charge in [0.15, 0.2) is 0 Å². The van der Waals surface area contributed by atoms with Gasteiger partial charge < -0.3 is 10.1 Å². The Labute approximate surface area is 69.3 Å². The van der Waals surface area contributed by atoms with Crippen molar-refractivity contribution >= 4 is 0 Å². The number of methoxy groups -OCH3 is 1. The first-order chi connectivity index (χ1) is 5.43. The SMILES string of the molecule is COCC[CH]C1CCNCC1. The van der Waals surface area contributed by atoms with Crippen molar-refractivity contribution in [1.29, 1.82) is 0 Å². The van der Waals surface area contributed by atoms with Crippen molar-refractivity contribution in [1.82, 2.24) is 5.32 Å². The molecule has 2 heteroatoms. The van der Waals surface area contributed by atoms with E-state index < -0.39 is 0 Å². The van der Waals surface area contributed by atoms with Crippen LogP contribution in [0.5, 0.6) is 0 Å². The van der Waals surface area contributed by atoms with E-state index in [9.17, 15) is 0 Å². The number of nitrogens with one attached hydrogen (secondary N) is 1. The lowest BCUT2D eigenvalue weighted by Crippen LogP contribution is -2.28. The van der Waals surface area contributed by atoms with Gasteiger partial charge in [0.05, 0.1) is 0 Å². The highest BCUT2D eigenvalue weighted by molar-refractivity contribution is 4.80. The van der Waals surface area contributed by atoms with Crippen LogP contribution in [0.15, 0.2) is 0 Å². The standard InChI is InChI=1S/C9H18NO/c1-11-8-2-3-9-4-6-10-7-5-9/h3,9-10H,2,4-8H2,1H3. The van der Waals surface area contributed by atoms with Crippen LogP contribution in [0.25, 0.3) is 0 Å². The van der Waals surface area contributed by atoms with E-state index in [1.165, 1.54) is 25.9 Å². The van der Waals surface area contributed by atoms with Gasteiger partial charge in [-0.3, -0.25) is 0 Å². The zero-order chi connectivity index (χ0) is 7.94. The van der Waals surface area contributed by atoms with Crippen LogP contribution < -0.4 is 5.32 Å². The molecule has 11 heavy (non-hydrogen) atoms. The van der Waals surface area contributed by atoms with Crippen LogP contribution in [-0.4, -0.2) is 26.8 Å². The molecule has 0 atom stereocenters. The molecule has 1 radical (unpaired) electrons. The van der Waals surface area contributed by atoms with Crippen molar-refractivity contribution in [2.45, 2.75) is 19.3 Å². The Kier molecular flexibility index (Phi) is 4.55. The quantitative estimate of drug-likeness (QED) is 0.618. The largest absolute Gasteiger partial charge is 0.385 e. The maximum Gasteiger partial charge on any atom is 0.0465 e. The molecule has 1 rings (SSSR count). The zero-order valence-corrected chi connectivity index (χ0v) is 7.31. The molecule has 0 aliphatic carbocycles. The maximum absolute atomic E-state index is 4.99. The summed E-state index contributed by atoms with van der Waals surface area (Å²) in [4.78, 5) is 0. The van der Waals surface area contributed by atoms with Crippen LogP contribution in [0, 0.1) is 12.3 Å². The number of piperidine rings is 1. The second-order valence-corrected chi connectivity index (χ2v) is 3.10. The summed E-state index contributed by atoms with van der Waals surface area (Å²) in [6.07, 6.45) is 6.14. The minimum atomic E-state index is 0.839. The third kappa shape index (κ3) is 3.73. The van der Waals surface area contributed by atoms with Crippen molar-refractivity contribution in [3.63, 3.8) is 0 Å². The molecule has 0 saturated carbocycles. The molecule has 0 bridgehead atoms. The summed E-state index contributed by atoms with van der Waals surface area (Å²) in [5, 5.41) is 3.35. The van der Waals surface area contributed by atoms with E-state index in [1.807, 2.05) is 0 Å². The lowest BCUT2D eigenvalue weighted by atomic mass is 9.93. The smallest absolute Gasteiger partial charge is 0.0465 e. The van der Waals surface area contributed by atoms with Crippen LogP contribution in [0.3, 0.4) is 0 Å². The molecule has 2 nitrogen and oxygen atoms in total. The van der Waals surface area contributed by atoms with Crippen molar-refractivity contribution in [3.8, 4) is 0 Å². The number of hydrogen-bond acceptors (Lipinski definition) is 2. The first-order valence-corrected chi connectivity index (χ1v) is 4.46. The lowest BCUT2D eigenvalue weighted by molar-refractivity contribution is 0.197. The van der Waals surface area contributed by atoms with Gasteiger partial charge in [0.1, 0.15) is 0 Å². The number of rotatable bonds is 4. The van der Waals surface area contributed by atoms with Crippen molar-refractivity contribution < 1.29 is 4.74 Å². The third-order valence-corrected chi connectivity index (χ3v) is 2.21. The highest BCUT2D eigenvalue weighted by Crippen LogP contribution is 2.16. The predicted octanol–water partition coefficient (Wildman–Crippen LogP) is 1.23.